The molecular weight excluding hydrogens is 957 g/mol. The van der Waals surface area contributed by atoms with Crippen LogP contribution in [-0.4, -0.2) is 6.10 Å². The normalized spacial score (nSPS) is 36.8. The molecule has 0 bridgehead atoms. The Bertz CT molecular complexity index is 3340. The van der Waals surface area contributed by atoms with Crippen LogP contribution in [0.5, 0.6) is 5.75 Å². The van der Waals surface area contributed by atoms with Gasteiger partial charge in [-0.05, 0) is 256 Å². The number of allylic oxidation sites excluding steroid dienone is 10. The van der Waals surface area contributed by atoms with Crippen LogP contribution in [0.25, 0.3) is 38.6 Å². The van der Waals surface area contributed by atoms with E-state index in [-0.39, 0.29) is 0 Å². The zero-order valence-corrected chi connectivity index (χ0v) is 46.8. The Morgan fingerprint density at radius 3 is 2.13 bits per heavy atom. The van der Waals surface area contributed by atoms with E-state index in [0.29, 0.717) is 35.7 Å². The first-order chi connectivity index (χ1) is 39.1. The summed E-state index contributed by atoms with van der Waals surface area (Å²) in [5, 5.41) is 2.45. The van der Waals surface area contributed by atoms with Crippen LogP contribution in [0, 0.1) is 88.8 Å². The fourth-order valence-corrected chi connectivity index (χ4v) is 20.9. The first-order valence-corrected chi connectivity index (χ1v) is 32.4. The smallest absolute Gasteiger partial charge is 0.136 e. The molecule has 6 aromatic rings. The van der Waals surface area contributed by atoms with E-state index in [0.717, 1.165) is 82.2 Å². The molecule has 0 amide bonds. The van der Waals surface area contributed by atoms with Crippen molar-refractivity contribution < 1.29 is 9.15 Å². The summed E-state index contributed by atoms with van der Waals surface area (Å²) in [6.07, 6.45) is 47.3. The maximum atomic E-state index is 6.75. The predicted molar refractivity (Wildman–Crippen MR) is 325 cm³/mol. The third kappa shape index (κ3) is 8.85. The van der Waals surface area contributed by atoms with Gasteiger partial charge in [-0.25, -0.2) is 0 Å². The summed E-state index contributed by atoms with van der Waals surface area (Å²) in [7, 11) is 0. The molecule has 1 aliphatic heterocycles. The summed E-state index contributed by atoms with van der Waals surface area (Å²) >= 11 is 0. The number of rotatable bonds is 9. The minimum atomic E-state index is 0.378. The highest BCUT2D eigenvalue weighted by atomic mass is 16.5. The number of furan rings is 1. The van der Waals surface area contributed by atoms with Crippen LogP contribution in [0.15, 0.2) is 180 Å². The highest BCUT2D eigenvalue weighted by molar-refractivity contribution is 6.05. The number of para-hydroxylation sites is 2. The van der Waals surface area contributed by atoms with Crippen molar-refractivity contribution in [2.75, 3.05) is 0 Å². The molecule has 0 radical (unpaired) electrons. The summed E-state index contributed by atoms with van der Waals surface area (Å²) in [5.74, 6) is 14.5. The molecule has 1 aromatic heterocycles. The van der Waals surface area contributed by atoms with E-state index in [2.05, 4.69) is 170 Å². The zero-order chi connectivity index (χ0) is 52.0. The van der Waals surface area contributed by atoms with Crippen LogP contribution in [0.3, 0.4) is 0 Å². The van der Waals surface area contributed by atoms with E-state index in [4.69, 9.17) is 9.15 Å². The van der Waals surface area contributed by atoms with Gasteiger partial charge in [-0.2, -0.15) is 0 Å². The quantitative estimate of drug-likeness (QED) is 0.135. The monoisotopic (exact) mass is 1040 g/mol. The highest BCUT2D eigenvalue weighted by Crippen LogP contribution is 2.64. The molecule has 2 heteroatoms. The molecule has 16 atom stereocenters. The second kappa shape index (κ2) is 20.7. The molecule has 10 aliphatic rings. The van der Waals surface area contributed by atoms with Crippen LogP contribution >= 0.6 is 0 Å². The van der Waals surface area contributed by atoms with Gasteiger partial charge in [-0.15, -0.1) is 0 Å². The lowest BCUT2D eigenvalue weighted by Gasteiger charge is -2.49. The molecule has 404 valence electrons. The first-order valence-electron chi connectivity index (χ1n) is 32.4. The van der Waals surface area contributed by atoms with Crippen molar-refractivity contribution in [3.05, 3.63) is 192 Å². The zero-order valence-electron chi connectivity index (χ0n) is 46.8. The van der Waals surface area contributed by atoms with Gasteiger partial charge in [-0.1, -0.05) is 158 Å². The Balaban J connectivity index is 0.640. The van der Waals surface area contributed by atoms with Crippen molar-refractivity contribution in [3.63, 3.8) is 0 Å². The highest BCUT2D eigenvalue weighted by Gasteiger charge is 2.56. The average Bonchev–Trinajstić information content (AvgIpc) is 4.46. The third-order valence-corrected chi connectivity index (χ3v) is 24.4. The summed E-state index contributed by atoms with van der Waals surface area (Å²) < 4.78 is 13.2. The summed E-state index contributed by atoms with van der Waals surface area (Å²) in [6, 6.07) is 45.7. The van der Waals surface area contributed by atoms with Gasteiger partial charge in [0.05, 0.1) is 0 Å². The predicted octanol–water partition coefficient (Wildman–Crippen LogP) is 20.3. The van der Waals surface area contributed by atoms with Crippen LogP contribution < -0.4 is 4.74 Å². The molecule has 6 fully saturated rings. The van der Waals surface area contributed by atoms with E-state index in [1.165, 1.54) is 166 Å². The fraction of sp³-hybridized carbons (Fsp3) is 0.481. The molecule has 2 nitrogen and oxygen atoms in total. The lowest BCUT2D eigenvalue weighted by Crippen LogP contribution is -2.40. The molecule has 6 saturated carbocycles. The van der Waals surface area contributed by atoms with Gasteiger partial charge in [0.25, 0.3) is 0 Å². The van der Waals surface area contributed by atoms with E-state index in [9.17, 15) is 0 Å². The second-order valence-electron chi connectivity index (χ2n) is 27.6. The number of hydrogen-bond donors (Lipinski definition) is 0. The number of benzene rings is 5. The standard InChI is InChI=1S/C77H84O2/c1-3-12-48(13-4-1)50-22-28-53(29-23-50)76(54-30-24-51(25-31-54)49-14-5-2-6-15-49)67-43-42-60(61-18-11-19-62(61)67)52-26-32-55(33-27-52)77-68-40-36-56(58-34-38-65-63-16-7-9-20-72(63)78-74(65)46-58)44-70(68)71-45-57(37-41-69(71)77)59-35-39-66-64-17-8-10-21-73(64)79-75(66)47-59/h1-10,12-14,16-17,20-23,28-30,34,36,38,40,44,46,49,51-52,55,57,59-62,66-71,75-77H,11,15,18-19,24-27,31-33,35,37,39,41-43,45,47H2. The molecule has 0 N–H and O–H groups in total. The first kappa shape index (κ1) is 49.2. The maximum absolute atomic E-state index is 6.75. The average molecular weight is 1040 g/mol. The van der Waals surface area contributed by atoms with Crippen molar-refractivity contribution in [2.45, 2.75) is 140 Å². The van der Waals surface area contributed by atoms with Gasteiger partial charge in [0.15, 0.2) is 0 Å². The minimum Gasteiger partial charge on any atom is -0.489 e. The second-order valence-corrected chi connectivity index (χ2v) is 27.6. The lowest BCUT2D eigenvalue weighted by molar-refractivity contribution is 0.0261. The molecule has 9 aliphatic carbocycles. The van der Waals surface area contributed by atoms with Gasteiger partial charge in [0.2, 0.25) is 0 Å². The van der Waals surface area contributed by atoms with Gasteiger partial charge < -0.3 is 9.15 Å². The molecule has 16 rings (SSSR count). The van der Waals surface area contributed by atoms with Crippen molar-refractivity contribution in [1.82, 2.24) is 0 Å². The Kier molecular flexibility index (Phi) is 12.9. The van der Waals surface area contributed by atoms with Crippen LogP contribution in [0.1, 0.15) is 151 Å². The Morgan fingerprint density at radius 2 is 1.25 bits per heavy atom. The number of ether oxygens (including phenoxy) is 1. The summed E-state index contributed by atoms with van der Waals surface area (Å²) in [6.45, 7) is 0. The lowest BCUT2D eigenvalue weighted by atomic mass is 9.56. The third-order valence-electron chi connectivity index (χ3n) is 24.4. The molecule has 0 spiro atoms. The van der Waals surface area contributed by atoms with Gasteiger partial charge in [0.1, 0.15) is 23.0 Å². The Hall–Kier alpha value is -5.60. The largest absolute Gasteiger partial charge is 0.489 e. The SMILES string of the molecule is C1=CCC(C2CC=C(C(c3ccc(-c4ccccc4)cc3)C3CCC(C4CCC(C5C6C=CC(c7ccc8c(c7)oc7ccccc78)=CC6C6CC(C7CCC8c9ccccc9OC8C7)CCC65)CC4)C4CCCC34)CC2)C=C1. The number of fused-ring (bicyclic) bond motifs is 10. The van der Waals surface area contributed by atoms with E-state index in [1.807, 2.05) is 0 Å². The molecular formula is C77H84O2. The minimum absolute atomic E-state index is 0.378. The summed E-state index contributed by atoms with van der Waals surface area (Å²) in [5.41, 5.74) is 12.3. The number of hydrogen-bond acceptors (Lipinski definition) is 2. The molecule has 79 heavy (non-hydrogen) atoms. The van der Waals surface area contributed by atoms with Crippen LogP contribution in [-0.2, 0) is 0 Å². The van der Waals surface area contributed by atoms with Gasteiger partial charge in [-0.3, -0.25) is 0 Å². The van der Waals surface area contributed by atoms with E-state index < -0.39 is 0 Å². The topological polar surface area (TPSA) is 22.4 Å². The van der Waals surface area contributed by atoms with Crippen LogP contribution in [0.4, 0.5) is 0 Å². The van der Waals surface area contributed by atoms with E-state index in [1.54, 1.807) is 11.1 Å². The Labute approximate surface area is 472 Å². The molecule has 5 aromatic carbocycles. The Morgan fingerprint density at radius 1 is 0.494 bits per heavy atom. The fourth-order valence-electron chi connectivity index (χ4n) is 20.9. The maximum Gasteiger partial charge on any atom is 0.136 e. The van der Waals surface area contributed by atoms with Crippen molar-refractivity contribution in [2.24, 2.45) is 88.8 Å². The van der Waals surface area contributed by atoms with Crippen LogP contribution in [0.2, 0.25) is 0 Å². The summed E-state index contributed by atoms with van der Waals surface area (Å²) in [4.78, 5) is 0. The molecule has 0 saturated heterocycles. The van der Waals surface area contributed by atoms with Crippen molar-refractivity contribution in [3.8, 4) is 16.9 Å². The van der Waals surface area contributed by atoms with E-state index >= 15 is 0 Å². The molecule has 16 unspecified atom stereocenters. The molecule has 2 heterocycles. The van der Waals surface area contributed by atoms with Crippen molar-refractivity contribution in [1.29, 1.82) is 0 Å². The van der Waals surface area contributed by atoms with Crippen molar-refractivity contribution >= 4 is 27.5 Å². The van der Waals surface area contributed by atoms with Gasteiger partial charge >= 0.3 is 0 Å². The van der Waals surface area contributed by atoms with Gasteiger partial charge in [0, 0.05) is 28.2 Å².